The number of ether oxygens (including phenoxy) is 2. The molecule has 2 saturated heterocycles. The highest BCUT2D eigenvalue weighted by atomic mass is 16.5. The third-order valence-corrected chi connectivity index (χ3v) is 7.49. The molecule has 0 bridgehead atoms. The molecular weight excluding hydrogens is 444 g/mol. The van der Waals surface area contributed by atoms with Gasteiger partial charge in [0.2, 0.25) is 0 Å². The van der Waals surface area contributed by atoms with Gasteiger partial charge in [-0.05, 0) is 106 Å². The predicted molar refractivity (Wildman–Crippen MR) is 151 cm³/mol. The summed E-state index contributed by atoms with van der Waals surface area (Å²) in [5, 5.41) is 0. The van der Waals surface area contributed by atoms with Crippen molar-refractivity contribution in [3.63, 3.8) is 0 Å². The first-order valence-corrected chi connectivity index (χ1v) is 14.4. The van der Waals surface area contributed by atoms with Crippen LogP contribution in [0.3, 0.4) is 0 Å². The van der Waals surface area contributed by atoms with Crippen LogP contribution in [0.1, 0.15) is 76.3 Å². The van der Waals surface area contributed by atoms with E-state index in [9.17, 15) is 0 Å². The summed E-state index contributed by atoms with van der Waals surface area (Å²) in [7, 11) is 0. The van der Waals surface area contributed by atoms with E-state index in [0.29, 0.717) is 0 Å². The van der Waals surface area contributed by atoms with Gasteiger partial charge in [0.1, 0.15) is 24.7 Å². The van der Waals surface area contributed by atoms with Crippen LogP contribution in [-0.2, 0) is 0 Å². The molecule has 0 radical (unpaired) electrons. The zero-order valence-electron chi connectivity index (χ0n) is 22.6. The molecule has 0 atom stereocenters. The monoisotopic (exact) mass is 490 g/mol. The molecule has 0 amide bonds. The van der Waals surface area contributed by atoms with Crippen molar-refractivity contribution in [3.05, 3.63) is 65.2 Å². The smallest absolute Gasteiger partial charge is 0.119 e. The van der Waals surface area contributed by atoms with Gasteiger partial charge < -0.3 is 9.47 Å². The quantitative estimate of drug-likeness (QED) is 0.284. The van der Waals surface area contributed by atoms with E-state index in [0.717, 1.165) is 63.5 Å². The number of allylic oxidation sites excluding steroid dienone is 1. The van der Waals surface area contributed by atoms with E-state index in [-0.39, 0.29) is 0 Å². The number of nitrogens with zero attached hydrogens (tertiary/aromatic N) is 2. The standard InChI is InChI=1S/C32H46N2O2/c1-3-9-27(10-4-2)32(28-11-15-30(16-12-28)35-25-23-33-19-5-6-20-33)29-13-17-31(18-14-29)36-26-24-34-21-7-8-22-34/h11-18H,3-10,19-26H2,1-2H3. The summed E-state index contributed by atoms with van der Waals surface area (Å²) >= 11 is 0. The van der Waals surface area contributed by atoms with Crippen molar-refractivity contribution in [1.82, 2.24) is 9.80 Å². The highest BCUT2D eigenvalue weighted by Gasteiger charge is 2.14. The minimum Gasteiger partial charge on any atom is -0.492 e. The molecule has 36 heavy (non-hydrogen) atoms. The lowest BCUT2D eigenvalue weighted by molar-refractivity contribution is 0.237. The fourth-order valence-electron chi connectivity index (χ4n) is 5.59. The second-order valence-electron chi connectivity index (χ2n) is 10.3. The van der Waals surface area contributed by atoms with Crippen molar-refractivity contribution < 1.29 is 9.47 Å². The third-order valence-electron chi connectivity index (χ3n) is 7.49. The molecule has 2 heterocycles. The fourth-order valence-corrected chi connectivity index (χ4v) is 5.59. The van der Waals surface area contributed by atoms with Gasteiger partial charge in [0, 0.05) is 13.1 Å². The Kier molecular flexibility index (Phi) is 10.7. The number of benzene rings is 2. The molecular formula is C32H46N2O2. The van der Waals surface area contributed by atoms with Gasteiger partial charge in [0.05, 0.1) is 0 Å². The number of likely N-dealkylation sites (tertiary alicyclic amines) is 2. The van der Waals surface area contributed by atoms with E-state index in [1.807, 2.05) is 0 Å². The Morgan fingerprint density at radius 3 is 1.36 bits per heavy atom. The molecule has 0 N–H and O–H groups in total. The molecule has 4 rings (SSSR count). The summed E-state index contributed by atoms with van der Waals surface area (Å²) in [5.74, 6) is 1.93. The molecule has 0 aromatic heterocycles. The summed E-state index contributed by atoms with van der Waals surface area (Å²) < 4.78 is 12.2. The van der Waals surface area contributed by atoms with Crippen LogP contribution in [0.25, 0.3) is 5.57 Å². The van der Waals surface area contributed by atoms with Gasteiger partial charge in [0.15, 0.2) is 0 Å². The summed E-state index contributed by atoms with van der Waals surface area (Å²) in [5.41, 5.74) is 5.49. The molecule has 196 valence electrons. The number of hydrogen-bond donors (Lipinski definition) is 0. The highest BCUT2D eigenvalue weighted by molar-refractivity contribution is 5.82. The summed E-state index contributed by atoms with van der Waals surface area (Å²) in [6.07, 6.45) is 9.89. The third kappa shape index (κ3) is 7.85. The van der Waals surface area contributed by atoms with Crippen molar-refractivity contribution >= 4 is 5.57 Å². The molecule has 2 fully saturated rings. The summed E-state index contributed by atoms with van der Waals surface area (Å²) in [4.78, 5) is 4.99. The van der Waals surface area contributed by atoms with Crippen LogP contribution in [0.2, 0.25) is 0 Å². The molecule has 4 heteroatoms. The molecule has 0 saturated carbocycles. The van der Waals surface area contributed by atoms with Gasteiger partial charge in [-0.2, -0.15) is 0 Å². The first kappa shape index (κ1) is 26.8. The number of hydrogen-bond acceptors (Lipinski definition) is 4. The molecule has 4 nitrogen and oxygen atoms in total. The Bertz CT molecular complexity index is 848. The lowest BCUT2D eigenvalue weighted by Gasteiger charge is -2.18. The van der Waals surface area contributed by atoms with Crippen molar-refractivity contribution in [2.45, 2.75) is 65.2 Å². The van der Waals surface area contributed by atoms with Crippen molar-refractivity contribution in [1.29, 1.82) is 0 Å². The van der Waals surface area contributed by atoms with Gasteiger partial charge in [-0.15, -0.1) is 0 Å². The van der Waals surface area contributed by atoms with Crippen molar-refractivity contribution in [2.24, 2.45) is 0 Å². The molecule has 2 aliphatic rings. The Hall–Kier alpha value is -2.30. The van der Waals surface area contributed by atoms with Gasteiger partial charge in [-0.1, -0.05) is 56.5 Å². The molecule has 0 aliphatic carbocycles. The maximum Gasteiger partial charge on any atom is 0.119 e. The van der Waals surface area contributed by atoms with Crippen LogP contribution < -0.4 is 9.47 Å². The minimum atomic E-state index is 0.762. The zero-order valence-corrected chi connectivity index (χ0v) is 22.6. The molecule has 2 aromatic rings. The normalized spacial score (nSPS) is 16.4. The molecule has 2 aromatic carbocycles. The second kappa shape index (κ2) is 14.4. The fraction of sp³-hybridized carbons (Fsp3) is 0.562. The van der Waals surface area contributed by atoms with Crippen LogP contribution in [0.4, 0.5) is 0 Å². The largest absolute Gasteiger partial charge is 0.492 e. The van der Waals surface area contributed by atoms with E-state index in [1.54, 1.807) is 5.57 Å². The van der Waals surface area contributed by atoms with Crippen LogP contribution in [0, 0.1) is 0 Å². The van der Waals surface area contributed by atoms with Crippen LogP contribution >= 0.6 is 0 Å². The number of rotatable bonds is 14. The lowest BCUT2D eigenvalue weighted by atomic mass is 9.89. The minimum absolute atomic E-state index is 0.762. The SMILES string of the molecule is CCCC(CCC)=C(c1ccc(OCCN2CCCC2)cc1)c1ccc(OCCN2CCCC2)cc1. The Labute approximate surface area is 219 Å². The zero-order chi connectivity index (χ0) is 25.0. The van der Waals surface area contributed by atoms with Crippen LogP contribution in [0.15, 0.2) is 54.1 Å². The second-order valence-corrected chi connectivity index (χ2v) is 10.3. The lowest BCUT2D eigenvalue weighted by Crippen LogP contribution is -2.25. The van der Waals surface area contributed by atoms with Crippen molar-refractivity contribution in [2.75, 3.05) is 52.5 Å². The highest BCUT2D eigenvalue weighted by Crippen LogP contribution is 2.33. The maximum absolute atomic E-state index is 6.08. The summed E-state index contributed by atoms with van der Waals surface area (Å²) in [6.45, 7) is 13.0. The average molecular weight is 491 g/mol. The van der Waals surface area contributed by atoms with Crippen LogP contribution in [-0.4, -0.2) is 62.3 Å². The average Bonchev–Trinajstić information content (AvgIpc) is 3.61. The summed E-state index contributed by atoms with van der Waals surface area (Å²) in [6, 6.07) is 17.5. The Balaban J connectivity index is 1.44. The van der Waals surface area contributed by atoms with Gasteiger partial charge in [-0.3, -0.25) is 9.80 Å². The predicted octanol–water partition coefficient (Wildman–Crippen LogP) is 7.04. The molecule has 0 spiro atoms. The van der Waals surface area contributed by atoms with E-state index < -0.39 is 0 Å². The van der Waals surface area contributed by atoms with Gasteiger partial charge >= 0.3 is 0 Å². The topological polar surface area (TPSA) is 24.9 Å². The first-order chi connectivity index (χ1) is 17.8. The van der Waals surface area contributed by atoms with E-state index in [4.69, 9.17) is 9.47 Å². The molecule has 0 unspecified atom stereocenters. The van der Waals surface area contributed by atoms with E-state index >= 15 is 0 Å². The Morgan fingerprint density at radius 2 is 1.00 bits per heavy atom. The first-order valence-electron chi connectivity index (χ1n) is 14.4. The van der Waals surface area contributed by atoms with Crippen molar-refractivity contribution in [3.8, 4) is 11.5 Å². The van der Waals surface area contributed by atoms with Gasteiger partial charge in [0.25, 0.3) is 0 Å². The van der Waals surface area contributed by atoms with E-state index in [2.05, 4.69) is 72.2 Å². The van der Waals surface area contributed by atoms with E-state index in [1.165, 1.54) is 68.6 Å². The maximum atomic E-state index is 6.08. The Morgan fingerprint density at radius 1 is 0.611 bits per heavy atom. The van der Waals surface area contributed by atoms with Gasteiger partial charge in [-0.25, -0.2) is 0 Å². The molecule has 2 aliphatic heterocycles. The van der Waals surface area contributed by atoms with Crippen LogP contribution in [0.5, 0.6) is 11.5 Å².